The fourth-order valence-electron chi connectivity index (χ4n) is 4.48. The maximum Gasteiger partial charge on any atom is 0.205 e. The first-order valence-corrected chi connectivity index (χ1v) is 13.0. The number of hydrogen-bond donors (Lipinski definition) is 6. The first-order valence-electron chi connectivity index (χ1n) is 13.0. The third-order valence-corrected chi connectivity index (χ3v) is 6.51. The van der Waals surface area contributed by atoms with Crippen molar-refractivity contribution in [2.45, 2.75) is 12.3 Å². The summed E-state index contributed by atoms with van der Waals surface area (Å²) in [4.78, 5) is 17.3. The van der Waals surface area contributed by atoms with Crippen LogP contribution in [0.5, 0.6) is 0 Å². The molecule has 4 aromatic rings. The van der Waals surface area contributed by atoms with Crippen molar-refractivity contribution >= 4 is 35.2 Å². The fraction of sp³-hybridized carbons (Fsp3) is 0.0667. The van der Waals surface area contributed by atoms with Gasteiger partial charge in [0.05, 0.1) is 0 Å². The lowest BCUT2D eigenvalue weighted by Gasteiger charge is -2.21. The molecule has 2 unspecified atom stereocenters. The maximum absolute atomic E-state index is 14.3. The van der Waals surface area contributed by atoms with Gasteiger partial charge in [0, 0.05) is 22.5 Å². The molecule has 210 valence electrons. The zero-order valence-corrected chi connectivity index (χ0v) is 22.1. The topological polar surface area (TPSA) is 150 Å². The number of hydrogen-bond acceptors (Lipinski definition) is 10. The number of benzene rings is 4. The van der Waals surface area contributed by atoms with E-state index >= 15 is 0 Å². The molecule has 10 nitrogen and oxygen atoms in total. The average molecular weight is 565 g/mol. The van der Waals surface area contributed by atoms with Crippen LogP contribution in [0.2, 0.25) is 0 Å². The highest BCUT2D eigenvalue weighted by Gasteiger charge is 2.21. The Kier molecular flexibility index (Phi) is 7.16. The Hall–Kier alpha value is -5.78. The van der Waals surface area contributed by atoms with Crippen LogP contribution in [0.15, 0.2) is 117 Å². The Balaban J connectivity index is 1.12. The standard InChI is InChI=1S/C30H26F2N10/c31-23-7-3-1-5-21(23)25-37-27(33)41-29(39-25)35-19-13-9-17(10-14-19)18-11-15-20(16-12-18)36-30-40-26(38-28(34)42-30)22-6-2-4-8-24(22)32/h1-16,25-26H,(H4,33,35,37,39,41)(H4,34,36,38,40,42). The molecule has 0 fully saturated rings. The Morgan fingerprint density at radius 2 is 0.905 bits per heavy atom. The lowest BCUT2D eigenvalue weighted by atomic mass is 10.1. The van der Waals surface area contributed by atoms with E-state index in [0.717, 1.165) is 22.5 Å². The maximum atomic E-state index is 14.3. The van der Waals surface area contributed by atoms with E-state index in [4.69, 9.17) is 11.5 Å². The highest BCUT2D eigenvalue weighted by Crippen LogP contribution is 2.27. The van der Waals surface area contributed by atoms with Gasteiger partial charge in [-0.1, -0.05) is 60.7 Å². The monoisotopic (exact) mass is 564 g/mol. The summed E-state index contributed by atoms with van der Waals surface area (Å²) in [6, 6.07) is 28.1. The predicted octanol–water partition coefficient (Wildman–Crippen LogP) is 4.40. The number of nitrogens with zero attached hydrogens (tertiary/aromatic N) is 4. The van der Waals surface area contributed by atoms with Crippen LogP contribution in [-0.4, -0.2) is 23.8 Å². The van der Waals surface area contributed by atoms with E-state index in [9.17, 15) is 8.78 Å². The van der Waals surface area contributed by atoms with Gasteiger partial charge in [-0.2, -0.15) is 0 Å². The van der Waals surface area contributed by atoms with Crippen molar-refractivity contribution in [1.29, 1.82) is 0 Å². The van der Waals surface area contributed by atoms with E-state index in [1.54, 1.807) is 36.4 Å². The molecule has 12 heteroatoms. The van der Waals surface area contributed by atoms with Crippen LogP contribution in [0, 0.1) is 11.6 Å². The molecular weight excluding hydrogens is 538 g/mol. The highest BCUT2D eigenvalue weighted by atomic mass is 19.1. The molecule has 0 saturated heterocycles. The summed E-state index contributed by atoms with van der Waals surface area (Å²) >= 11 is 0. The van der Waals surface area contributed by atoms with Gasteiger partial charge in [-0.3, -0.25) is 10.6 Å². The van der Waals surface area contributed by atoms with Gasteiger partial charge in [0.1, 0.15) is 11.6 Å². The molecular formula is C30H26F2N10. The van der Waals surface area contributed by atoms with Crippen LogP contribution in [0.3, 0.4) is 0 Å². The minimum atomic E-state index is -0.787. The molecule has 0 aromatic heterocycles. The summed E-state index contributed by atoms with van der Waals surface area (Å²) in [7, 11) is 0. The smallest absolute Gasteiger partial charge is 0.205 e. The molecule has 42 heavy (non-hydrogen) atoms. The van der Waals surface area contributed by atoms with Crippen molar-refractivity contribution < 1.29 is 8.78 Å². The third kappa shape index (κ3) is 5.87. The number of rotatable bonds is 5. The second-order valence-corrected chi connectivity index (χ2v) is 9.43. The molecule has 2 atom stereocenters. The third-order valence-electron chi connectivity index (χ3n) is 6.51. The Morgan fingerprint density at radius 1 is 0.524 bits per heavy atom. The van der Waals surface area contributed by atoms with E-state index < -0.39 is 24.0 Å². The van der Waals surface area contributed by atoms with Crippen LogP contribution in [0.4, 0.5) is 20.2 Å². The molecule has 2 heterocycles. The van der Waals surface area contributed by atoms with E-state index in [-0.39, 0.29) is 11.9 Å². The minimum Gasteiger partial charge on any atom is -0.370 e. The second-order valence-electron chi connectivity index (χ2n) is 9.43. The zero-order valence-electron chi connectivity index (χ0n) is 22.1. The second kappa shape index (κ2) is 11.4. The molecule has 2 aliphatic rings. The van der Waals surface area contributed by atoms with Gasteiger partial charge in [-0.05, 0) is 47.5 Å². The molecule has 0 saturated carbocycles. The number of guanidine groups is 4. The summed E-state index contributed by atoms with van der Waals surface area (Å²) in [5.41, 5.74) is 16.0. The van der Waals surface area contributed by atoms with Crippen LogP contribution in [0.25, 0.3) is 11.1 Å². The van der Waals surface area contributed by atoms with E-state index in [1.807, 2.05) is 48.5 Å². The Labute approximate surface area is 240 Å². The van der Waals surface area contributed by atoms with E-state index in [0.29, 0.717) is 23.0 Å². The zero-order chi connectivity index (χ0) is 29.1. The molecule has 8 N–H and O–H groups in total. The van der Waals surface area contributed by atoms with Crippen molar-refractivity contribution in [3.63, 3.8) is 0 Å². The van der Waals surface area contributed by atoms with Crippen molar-refractivity contribution in [3.8, 4) is 11.1 Å². The number of nitrogens with two attached hydrogens (primary N) is 2. The SMILES string of the molecule is NC1=NC(c2ccccc2F)N=C(Nc2ccc(-c3ccc(NC4=NC(c5ccccc5F)N=C(N)N4)cc3)cc2)N1. The molecule has 6 rings (SSSR count). The molecule has 0 amide bonds. The summed E-state index contributed by atoms with van der Waals surface area (Å²) in [6.07, 6.45) is -1.57. The number of nitrogens with one attached hydrogen (secondary N) is 4. The van der Waals surface area contributed by atoms with Crippen LogP contribution < -0.4 is 32.7 Å². The van der Waals surface area contributed by atoms with Crippen LogP contribution in [0.1, 0.15) is 23.5 Å². The first-order chi connectivity index (χ1) is 20.4. The Morgan fingerprint density at radius 3 is 1.29 bits per heavy atom. The molecule has 0 aliphatic carbocycles. The number of anilines is 2. The van der Waals surface area contributed by atoms with Crippen molar-refractivity contribution in [1.82, 2.24) is 10.6 Å². The Bertz CT molecular complexity index is 1600. The minimum absolute atomic E-state index is 0.137. The normalized spacial score (nSPS) is 18.0. The highest BCUT2D eigenvalue weighted by molar-refractivity contribution is 6.06. The van der Waals surface area contributed by atoms with Gasteiger partial charge in [-0.25, -0.2) is 28.8 Å². The fourth-order valence-corrected chi connectivity index (χ4v) is 4.48. The van der Waals surface area contributed by atoms with Gasteiger partial charge in [-0.15, -0.1) is 0 Å². The van der Waals surface area contributed by atoms with Crippen molar-refractivity contribution in [2.75, 3.05) is 10.6 Å². The van der Waals surface area contributed by atoms with Gasteiger partial charge in [0.2, 0.25) is 11.9 Å². The lowest BCUT2D eigenvalue weighted by molar-refractivity contribution is 0.586. The number of halogens is 2. The van der Waals surface area contributed by atoms with Gasteiger partial charge in [0.25, 0.3) is 0 Å². The summed E-state index contributed by atoms with van der Waals surface area (Å²) in [5, 5.41) is 12.1. The van der Waals surface area contributed by atoms with Gasteiger partial charge in [0.15, 0.2) is 24.3 Å². The summed E-state index contributed by atoms with van der Waals surface area (Å²) in [5.74, 6) is 0.197. The van der Waals surface area contributed by atoms with Crippen molar-refractivity contribution in [2.24, 2.45) is 31.4 Å². The lowest BCUT2D eigenvalue weighted by Crippen LogP contribution is -2.43. The van der Waals surface area contributed by atoms with E-state index in [2.05, 4.69) is 41.2 Å². The molecule has 0 radical (unpaired) electrons. The average Bonchev–Trinajstić information content (AvgIpc) is 2.98. The van der Waals surface area contributed by atoms with Crippen LogP contribution in [-0.2, 0) is 0 Å². The summed E-state index contributed by atoms with van der Waals surface area (Å²) < 4.78 is 28.5. The van der Waals surface area contributed by atoms with E-state index in [1.165, 1.54) is 12.1 Å². The summed E-state index contributed by atoms with van der Waals surface area (Å²) in [6.45, 7) is 0. The molecule has 2 aliphatic heterocycles. The quantitative estimate of drug-likeness (QED) is 0.212. The molecule has 0 spiro atoms. The number of aliphatic imine (C=N–C) groups is 4. The van der Waals surface area contributed by atoms with Gasteiger partial charge >= 0.3 is 0 Å². The van der Waals surface area contributed by atoms with Crippen molar-refractivity contribution in [3.05, 3.63) is 120 Å². The molecule has 0 bridgehead atoms. The first kappa shape index (κ1) is 26.4. The van der Waals surface area contributed by atoms with Gasteiger partial charge < -0.3 is 22.1 Å². The predicted molar refractivity (Wildman–Crippen MR) is 162 cm³/mol. The largest absolute Gasteiger partial charge is 0.370 e. The molecule has 4 aromatic carbocycles. The van der Waals surface area contributed by atoms with Crippen LogP contribution >= 0.6 is 0 Å².